The van der Waals surface area contributed by atoms with Crippen molar-refractivity contribution in [2.45, 2.75) is 65.2 Å². The second-order valence-corrected chi connectivity index (χ2v) is 7.59. The molecule has 0 saturated heterocycles. The first-order valence-corrected chi connectivity index (χ1v) is 11.5. The fourth-order valence-electron chi connectivity index (χ4n) is 2.31. The Balaban J connectivity index is 3.70. The summed E-state index contributed by atoms with van der Waals surface area (Å²) >= 11 is 0. The fourth-order valence-corrected chi connectivity index (χ4v) is 2.71. The normalized spacial score (nSPS) is 14.7. The molecule has 0 spiro atoms. The summed E-state index contributed by atoms with van der Waals surface area (Å²) in [5, 5.41) is 0. The van der Waals surface area contributed by atoms with Gasteiger partial charge in [-0.25, -0.2) is 4.57 Å². The molecular formula is C22H37O4P. The molecule has 0 bridgehead atoms. The summed E-state index contributed by atoms with van der Waals surface area (Å²) in [6.45, 7) is 4.27. The van der Waals surface area contributed by atoms with Crippen LogP contribution in [0.15, 0.2) is 60.8 Å². The van der Waals surface area contributed by atoms with Gasteiger partial charge in [-0.3, -0.25) is 4.52 Å². The van der Waals surface area contributed by atoms with E-state index in [4.69, 9.17) is 9.79 Å². The number of phosphoric ester groups is 1. The van der Waals surface area contributed by atoms with Crippen LogP contribution in [-0.4, -0.2) is 16.4 Å². The molecule has 0 aromatic heterocycles. The van der Waals surface area contributed by atoms with E-state index in [9.17, 15) is 4.57 Å². The quantitative estimate of drug-likeness (QED) is 0.226. The van der Waals surface area contributed by atoms with E-state index in [0.29, 0.717) is 0 Å². The topological polar surface area (TPSA) is 66.8 Å². The predicted molar refractivity (Wildman–Crippen MR) is 115 cm³/mol. The van der Waals surface area contributed by atoms with Crippen LogP contribution in [0.4, 0.5) is 0 Å². The molecule has 0 amide bonds. The lowest BCUT2D eigenvalue weighted by atomic mass is 10.0. The van der Waals surface area contributed by atoms with E-state index in [1.54, 1.807) is 0 Å². The number of allylic oxidation sites excluding steroid dienone is 10. The highest BCUT2D eigenvalue weighted by Crippen LogP contribution is 2.36. The highest BCUT2D eigenvalue weighted by atomic mass is 31.2. The number of hydrogen-bond acceptors (Lipinski definition) is 2. The van der Waals surface area contributed by atoms with Crippen molar-refractivity contribution in [1.82, 2.24) is 0 Å². The minimum Gasteiger partial charge on any atom is -0.303 e. The van der Waals surface area contributed by atoms with Gasteiger partial charge in [-0.15, -0.1) is 0 Å². The fraction of sp³-hybridized carbons (Fsp3) is 0.545. The van der Waals surface area contributed by atoms with Crippen molar-refractivity contribution in [3.8, 4) is 0 Å². The molecule has 0 fully saturated rings. The average Bonchev–Trinajstić information content (AvgIpc) is 2.63. The molecule has 0 aliphatic rings. The van der Waals surface area contributed by atoms with Crippen LogP contribution in [-0.2, 0) is 9.09 Å². The maximum Gasteiger partial charge on any atom is 0.469 e. The average molecular weight is 397 g/mol. The highest BCUT2D eigenvalue weighted by molar-refractivity contribution is 7.46. The maximum absolute atomic E-state index is 10.7. The van der Waals surface area contributed by atoms with Crippen LogP contribution in [0.1, 0.15) is 65.2 Å². The van der Waals surface area contributed by atoms with E-state index in [2.05, 4.69) is 72.2 Å². The van der Waals surface area contributed by atoms with Crippen molar-refractivity contribution >= 4 is 7.82 Å². The van der Waals surface area contributed by atoms with Gasteiger partial charge in [-0.2, -0.15) is 0 Å². The molecule has 0 aromatic rings. The number of phosphoric acid groups is 1. The highest BCUT2D eigenvalue weighted by Gasteiger charge is 2.16. The zero-order valence-corrected chi connectivity index (χ0v) is 17.8. The van der Waals surface area contributed by atoms with Crippen LogP contribution >= 0.6 is 7.82 Å². The Morgan fingerprint density at radius 2 is 1.22 bits per heavy atom. The Morgan fingerprint density at radius 1 is 0.778 bits per heavy atom. The van der Waals surface area contributed by atoms with Gasteiger partial charge >= 0.3 is 7.82 Å². The molecule has 1 atom stereocenters. The van der Waals surface area contributed by atoms with Crippen molar-refractivity contribution in [3.63, 3.8) is 0 Å². The smallest absolute Gasteiger partial charge is 0.303 e. The van der Waals surface area contributed by atoms with Gasteiger partial charge in [0.05, 0.1) is 6.61 Å². The molecule has 0 heterocycles. The van der Waals surface area contributed by atoms with Gasteiger partial charge in [0, 0.05) is 0 Å². The Labute approximate surface area is 165 Å². The lowest BCUT2D eigenvalue weighted by Crippen LogP contribution is -2.07. The molecule has 0 aliphatic heterocycles. The van der Waals surface area contributed by atoms with Gasteiger partial charge in [-0.1, -0.05) is 81.0 Å². The number of hydrogen-bond donors (Lipinski definition) is 2. The molecule has 0 rings (SSSR count). The van der Waals surface area contributed by atoms with Crippen molar-refractivity contribution < 1.29 is 18.9 Å². The third kappa shape index (κ3) is 21.0. The van der Waals surface area contributed by atoms with E-state index in [-0.39, 0.29) is 12.5 Å². The zero-order chi connectivity index (χ0) is 20.2. The van der Waals surface area contributed by atoms with Gasteiger partial charge in [-0.05, 0) is 50.9 Å². The first kappa shape index (κ1) is 25.8. The Bertz CT molecular complexity index is 526. The van der Waals surface area contributed by atoms with Gasteiger partial charge in [0.25, 0.3) is 0 Å². The molecule has 0 aliphatic carbocycles. The summed E-state index contributed by atoms with van der Waals surface area (Å²) < 4.78 is 15.3. The number of rotatable bonds is 16. The molecule has 0 radical (unpaired) electrons. The lowest BCUT2D eigenvalue weighted by molar-refractivity contribution is 0.162. The third-order valence-electron chi connectivity index (χ3n) is 3.96. The van der Waals surface area contributed by atoms with Crippen molar-refractivity contribution in [3.05, 3.63) is 60.8 Å². The van der Waals surface area contributed by atoms with Crippen molar-refractivity contribution in [2.24, 2.45) is 5.92 Å². The molecular weight excluding hydrogens is 359 g/mol. The molecule has 4 nitrogen and oxygen atoms in total. The summed E-state index contributed by atoms with van der Waals surface area (Å²) in [6.07, 6.45) is 29.3. The van der Waals surface area contributed by atoms with Gasteiger partial charge < -0.3 is 9.79 Å². The summed E-state index contributed by atoms with van der Waals surface area (Å²) in [7, 11) is -4.35. The molecule has 5 heteroatoms. The van der Waals surface area contributed by atoms with Crippen LogP contribution < -0.4 is 0 Å². The van der Waals surface area contributed by atoms with E-state index in [1.807, 2.05) is 6.92 Å². The summed E-state index contributed by atoms with van der Waals surface area (Å²) in [6, 6.07) is 0. The van der Waals surface area contributed by atoms with Crippen LogP contribution in [0.3, 0.4) is 0 Å². The van der Waals surface area contributed by atoms with Crippen LogP contribution in [0.5, 0.6) is 0 Å². The van der Waals surface area contributed by atoms with E-state index >= 15 is 0 Å². The standard InChI is InChI=1S/C22H37O4P/c1-3-5-6-7-8-9-10-11-12-13-14-15-16-17-18-19-20-22(4-2)21-26-27(23,24)25/h5-6,8-9,11-12,14-15,17-18,22H,3-4,7,10,13,16,19-21H2,1-2H3,(H2,23,24,25)/b6-5-,9-8-,12-11-,15-14-,18-17-. The Morgan fingerprint density at radius 3 is 1.63 bits per heavy atom. The van der Waals surface area contributed by atoms with Crippen molar-refractivity contribution in [2.75, 3.05) is 6.61 Å². The molecule has 0 saturated carbocycles. The lowest BCUT2D eigenvalue weighted by Gasteiger charge is -2.14. The maximum atomic E-state index is 10.7. The van der Waals surface area contributed by atoms with Gasteiger partial charge in [0.1, 0.15) is 0 Å². The molecule has 2 N–H and O–H groups in total. The van der Waals surface area contributed by atoms with E-state index in [1.165, 1.54) is 0 Å². The van der Waals surface area contributed by atoms with E-state index < -0.39 is 7.82 Å². The van der Waals surface area contributed by atoms with E-state index in [0.717, 1.165) is 51.4 Å². The largest absolute Gasteiger partial charge is 0.469 e. The SMILES string of the molecule is CC/C=C\C/C=C\C/C=C\C/C=C\C/C=C\CCC(CC)COP(=O)(O)O. The Hall–Kier alpha value is -1.19. The minimum absolute atomic E-state index is 0.117. The van der Waals surface area contributed by atoms with Crippen LogP contribution in [0, 0.1) is 5.92 Å². The predicted octanol–water partition coefficient (Wildman–Crippen LogP) is 6.65. The molecule has 1 unspecified atom stereocenters. The van der Waals surface area contributed by atoms with Gasteiger partial charge in [0.2, 0.25) is 0 Å². The third-order valence-corrected chi connectivity index (χ3v) is 4.44. The van der Waals surface area contributed by atoms with Crippen LogP contribution in [0.2, 0.25) is 0 Å². The molecule has 154 valence electrons. The Kier molecular flexibility index (Phi) is 17.4. The first-order valence-electron chi connectivity index (χ1n) is 9.94. The second-order valence-electron chi connectivity index (χ2n) is 6.35. The monoisotopic (exact) mass is 396 g/mol. The second kappa shape index (κ2) is 18.2. The summed E-state index contributed by atoms with van der Waals surface area (Å²) in [4.78, 5) is 17.5. The molecule has 27 heavy (non-hydrogen) atoms. The summed E-state index contributed by atoms with van der Waals surface area (Å²) in [5.74, 6) is 0.180. The first-order chi connectivity index (χ1) is 13.0. The summed E-state index contributed by atoms with van der Waals surface area (Å²) in [5.41, 5.74) is 0. The van der Waals surface area contributed by atoms with Crippen molar-refractivity contribution in [1.29, 1.82) is 0 Å². The molecule has 0 aromatic carbocycles. The zero-order valence-electron chi connectivity index (χ0n) is 16.9. The van der Waals surface area contributed by atoms with Crippen LogP contribution in [0.25, 0.3) is 0 Å². The minimum atomic E-state index is -4.35. The van der Waals surface area contributed by atoms with Gasteiger partial charge in [0.15, 0.2) is 0 Å².